The molecule has 1 aliphatic heterocycles. The van der Waals surface area contributed by atoms with E-state index in [1.54, 1.807) is 0 Å². The van der Waals surface area contributed by atoms with Crippen molar-refractivity contribution in [2.45, 2.75) is 26.9 Å². The Morgan fingerprint density at radius 3 is 2.37 bits per heavy atom. The Hall–Kier alpha value is -2.50. The monoisotopic (exact) mass is 363 g/mol. The van der Waals surface area contributed by atoms with Gasteiger partial charge in [0.15, 0.2) is 0 Å². The highest BCUT2D eigenvalue weighted by molar-refractivity contribution is 5.82. The molecule has 1 N–H and O–H groups in total. The first-order valence-corrected chi connectivity index (χ1v) is 9.42. The number of rotatable bonds is 3. The number of hydrogen-bond acceptors (Lipinski definition) is 5. The molecule has 2 aromatic carbocycles. The molecule has 140 valence electrons. The van der Waals surface area contributed by atoms with Crippen LogP contribution in [-0.4, -0.2) is 41.4 Å². The fraction of sp³-hybridized carbons (Fsp3) is 0.364. The van der Waals surface area contributed by atoms with E-state index in [9.17, 15) is 5.11 Å². The average molecular weight is 363 g/mol. The zero-order chi connectivity index (χ0) is 19.0. The summed E-state index contributed by atoms with van der Waals surface area (Å²) in [6, 6.07) is 10.5. The summed E-state index contributed by atoms with van der Waals surface area (Å²) in [5, 5.41) is 10.0. The smallest absolute Gasteiger partial charge is 0.148 e. The minimum absolute atomic E-state index is 0.461. The van der Waals surface area contributed by atoms with Crippen LogP contribution in [0.25, 0.3) is 22.2 Å². The normalized spacial score (nSPS) is 15.9. The topological polar surface area (TPSA) is 58.5 Å². The lowest BCUT2D eigenvalue weighted by Gasteiger charge is -2.27. The van der Waals surface area contributed by atoms with Gasteiger partial charge in [0.05, 0.1) is 36.5 Å². The third kappa shape index (κ3) is 3.53. The van der Waals surface area contributed by atoms with Gasteiger partial charge in [-0.3, -0.25) is 4.98 Å². The van der Waals surface area contributed by atoms with Crippen LogP contribution in [0.3, 0.4) is 0 Å². The predicted molar refractivity (Wildman–Crippen MR) is 108 cm³/mol. The number of fused-ring (bicyclic) bond motifs is 1. The highest BCUT2D eigenvalue weighted by Crippen LogP contribution is 2.30. The van der Waals surface area contributed by atoms with Crippen molar-refractivity contribution in [3.8, 4) is 11.1 Å². The highest BCUT2D eigenvalue weighted by Gasteiger charge is 2.14. The van der Waals surface area contributed by atoms with Gasteiger partial charge in [0.25, 0.3) is 0 Å². The van der Waals surface area contributed by atoms with Crippen molar-refractivity contribution < 1.29 is 9.84 Å². The third-order valence-corrected chi connectivity index (χ3v) is 5.21. The molecule has 1 aliphatic rings. The van der Waals surface area contributed by atoms with Gasteiger partial charge in [-0.15, -0.1) is 0 Å². The number of aryl methyl sites for hydroxylation is 2. The summed E-state index contributed by atoms with van der Waals surface area (Å²) in [5.41, 5.74) is 7.25. The Kier molecular flexibility index (Phi) is 4.81. The highest BCUT2D eigenvalue weighted by atomic mass is 16.5. The Balaban J connectivity index is 1.74. The van der Waals surface area contributed by atoms with Gasteiger partial charge in [0.2, 0.25) is 0 Å². The van der Waals surface area contributed by atoms with Gasteiger partial charge >= 0.3 is 0 Å². The molecule has 0 saturated carbocycles. The molecule has 1 unspecified atom stereocenters. The van der Waals surface area contributed by atoms with E-state index in [0.717, 1.165) is 71.0 Å². The maximum absolute atomic E-state index is 10.0. The summed E-state index contributed by atoms with van der Waals surface area (Å²) in [6.45, 7) is 9.07. The number of hydrogen-bond donors (Lipinski definition) is 1. The van der Waals surface area contributed by atoms with Gasteiger partial charge in [0, 0.05) is 13.1 Å². The van der Waals surface area contributed by atoms with Crippen molar-refractivity contribution >= 4 is 16.9 Å². The van der Waals surface area contributed by atoms with Crippen LogP contribution in [0.1, 0.15) is 29.7 Å². The zero-order valence-electron chi connectivity index (χ0n) is 16.1. The van der Waals surface area contributed by atoms with Crippen molar-refractivity contribution in [3.05, 3.63) is 53.2 Å². The SMILES string of the molecule is Cc1cc(-c2ccc3ncc(N4CCOCC4)nc3c2)cc(C)c1C(C)O. The van der Waals surface area contributed by atoms with Crippen molar-refractivity contribution in [1.29, 1.82) is 0 Å². The van der Waals surface area contributed by atoms with Crippen LogP contribution in [0.4, 0.5) is 5.82 Å². The number of ether oxygens (including phenoxy) is 1. The molecule has 1 atom stereocenters. The first kappa shape index (κ1) is 17.9. The molecule has 0 aliphatic carbocycles. The molecule has 1 saturated heterocycles. The van der Waals surface area contributed by atoms with Crippen LogP contribution >= 0.6 is 0 Å². The molecular weight excluding hydrogens is 338 g/mol. The van der Waals surface area contributed by atoms with Crippen LogP contribution in [0.5, 0.6) is 0 Å². The van der Waals surface area contributed by atoms with E-state index in [4.69, 9.17) is 9.72 Å². The second-order valence-electron chi connectivity index (χ2n) is 7.23. The second-order valence-corrected chi connectivity index (χ2v) is 7.23. The number of aliphatic hydroxyl groups excluding tert-OH is 1. The number of nitrogens with zero attached hydrogens (tertiary/aromatic N) is 3. The molecule has 0 bridgehead atoms. The molecule has 0 spiro atoms. The van der Waals surface area contributed by atoms with E-state index in [0.29, 0.717) is 0 Å². The lowest BCUT2D eigenvalue weighted by Crippen LogP contribution is -2.36. The van der Waals surface area contributed by atoms with Crippen LogP contribution in [0, 0.1) is 13.8 Å². The summed E-state index contributed by atoms with van der Waals surface area (Å²) in [6.07, 6.45) is 1.39. The van der Waals surface area contributed by atoms with E-state index in [-0.39, 0.29) is 0 Å². The molecule has 1 fully saturated rings. The number of anilines is 1. The van der Waals surface area contributed by atoms with Gasteiger partial charge in [-0.1, -0.05) is 18.2 Å². The van der Waals surface area contributed by atoms with Gasteiger partial charge in [-0.2, -0.15) is 0 Å². The molecular formula is C22H25N3O2. The first-order valence-electron chi connectivity index (χ1n) is 9.42. The van der Waals surface area contributed by atoms with Crippen LogP contribution in [-0.2, 0) is 4.74 Å². The summed E-state index contributed by atoms with van der Waals surface area (Å²) in [5.74, 6) is 0.903. The molecule has 2 heterocycles. The van der Waals surface area contributed by atoms with E-state index in [1.165, 1.54) is 0 Å². The standard InChI is InChI=1S/C22H25N3O2/c1-14-10-18(11-15(2)22(14)16(3)26)17-4-5-19-20(12-17)24-21(13-23-19)25-6-8-27-9-7-25/h4-5,10-13,16,26H,6-9H2,1-3H3. The quantitative estimate of drug-likeness (QED) is 0.767. The average Bonchev–Trinajstić information content (AvgIpc) is 2.67. The molecule has 1 aromatic heterocycles. The van der Waals surface area contributed by atoms with Crippen molar-refractivity contribution in [1.82, 2.24) is 9.97 Å². The Morgan fingerprint density at radius 2 is 1.70 bits per heavy atom. The van der Waals surface area contributed by atoms with Gasteiger partial charge in [-0.25, -0.2) is 4.98 Å². The van der Waals surface area contributed by atoms with Gasteiger partial charge in [0.1, 0.15) is 5.82 Å². The Bertz CT molecular complexity index is 955. The summed E-state index contributed by atoms with van der Waals surface area (Å²) in [4.78, 5) is 11.6. The summed E-state index contributed by atoms with van der Waals surface area (Å²) >= 11 is 0. The lowest BCUT2D eigenvalue weighted by atomic mass is 9.93. The summed E-state index contributed by atoms with van der Waals surface area (Å²) < 4.78 is 5.43. The molecule has 3 aromatic rings. The van der Waals surface area contributed by atoms with E-state index < -0.39 is 6.10 Å². The fourth-order valence-electron chi connectivity index (χ4n) is 3.93. The van der Waals surface area contributed by atoms with E-state index in [1.807, 2.05) is 19.2 Å². The molecule has 27 heavy (non-hydrogen) atoms. The van der Waals surface area contributed by atoms with Gasteiger partial charge < -0.3 is 14.7 Å². The van der Waals surface area contributed by atoms with Crippen LogP contribution in [0.2, 0.25) is 0 Å². The minimum atomic E-state index is -0.461. The largest absolute Gasteiger partial charge is 0.389 e. The van der Waals surface area contributed by atoms with E-state index in [2.05, 4.69) is 48.0 Å². The second kappa shape index (κ2) is 7.25. The maximum Gasteiger partial charge on any atom is 0.148 e. The molecule has 0 amide bonds. The molecule has 5 heteroatoms. The third-order valence-electron chi connectivity index (χ3n) is 5.21. The Morgan fingerprint density at radius 1 is 1.00 bits per heavy atom. The Labute approximate surface area is 159 Å². The first-order chi connectivity index (χ1) is 13.0. The van der Waals surface area contributed by atoms with Crippen LogP contribution < -0.4 is 4.90 Å². The van der Waals surface area contributed by atoms with Crippen molar-refractivity contribution in [2.24, 2.45) is 0 Å². The minimum Gasteiger partial charge on any atom is -0.389 e. The van der Waals surface area contributed by atoms with Crippen LogP contribution in [0.15, 0.2) is 36.5 Å². The lowest BCUT2D eigenvalue weighted by molar-refractivity contribution is 0.122. The van der Waals surface area contributed by atoms with Crippen molar-refractivity contribution in [3.63, 3.8) is 0 Å². The van der Waals surface area contributed by atoms with E-state index >= 15 is 0 Å². The predicted octanol–water partition coefficient (Wildman–Crippen LogP) is 3.80. The maximum atomic E-state index is 10.0. The molecule has 4 rings (SSSR count). The summed E-state index contributed by atoms with van der Waals surface area (Å²) in [7, 11) is 0. The number of morpholine rings is 1. The fourth-order valence-corrected chi connectivity index (χ4v) is 3.93. The number of benzene rings is 2. The van der Waals surface area contributed by atoms with Gasteiger partial charge in [-0.05, 0) is 60.7 Å². The zero-order valence-corrected chi connectivity index (χ0v) is 16.1. The number of aliphatic hydroxyl groups is 1. The van der Waals surface area contributed by atoms with Crippen molar-refractivity contribution in [2.75, 3.05) is 31.2 Å². The number of aromatic nitrogens is 2. The molecule has 0 radical (unpaired) electrons. The molecule has 5 nitrogen and oxygen atoms in total.